The van der Waals surface area contributed by atoms with E-state index in [9.17, 15) is 4.79 Å². The van der Waals surface area contributed by atoms with Gasteiger partial charge in [0.2, 0.25) is 5.91 Å². The minimum absolute atomic E-state index is 0.258. The fraction of sp³-hybridized carbons (Fsp3) is 0.533. The molecule has 2 aliphatic rings. The van der Waals surface area contributed by atoms with Gasteiger partial charge in [-0.3, -0.25) is 4.79 Å². The maximum absolute atomic E-state index is 12.2. The maximum atomic E-state index is 12.2. The van der Waals surface area contributed by atoms with Gasteiger partial charge in [0.1, 0.15) is 0 Å². The van der Waals surface area contributed by atoms with Gasteiger partial charge in [-0.1, -0.05) is 18.2 Å². The normalized spacial score (nSPS) is 18.5. The molecule has 2 saturated carbocycles. The lowest BCUT2D eigenvalue weighted by Gasteiger charge is -2.27. The number of rotatable bonds is 5. The molecule has 0 spiro atoms. The van der Waals surface area contributed by atoms with Gasteiger partial charge in [0.25, 0.3) is 0 Å². The van der Waals surface area contributed by atoms with Gasteiger partial charge in [0, 0.05) is 24.8 Å². The Labute approximate surface area is 108 Å². The molecule has 0 unspecified atom stereocenters. The van der Waals surface area contributed by atoms with E-state index in [1.165, 1.54) is 31.4 Å². The lowest BCUT2D eigenvalue weighted by Crippen LogP contribution is -2.40. The number of benzene rings is 1. The fourth-order valence-corrected chi connectivity index (χ4v) is 2.36. The molecule has 18 heavy (non-hydrogen) atoms. The largest absolute Gasteiger partial charge is 0.359 e. The molecule has 2 aliphatic carbocycles. The molecule has 0 atom stereocenters. The molecular formula is C15H20N2O. The van der Waals surface area contributed by atoms with Crippen molar-refractivity contribution in [1.82, 2.24) is 4.90 Å². The Morgan fingerprint density at radius 3 is 2.28 bits per heavy atom. The van der Waals surface area contributed by atoms with Crippen molar-refractivity contribution < 1.29 is 4.79 Å². The topological polar surface area (TPSA) is 23.6 Å². The third-order valence-electron chi connectivity index (χ3n) is 3.87. The Hall–Kier alpha value is -1.51. The minimum atomic E-state index is 0.258. The molecule has 0 aliphatic heterocycles. The van der Waals surface area contributed by atoms with Crippen LogP contribution in [-0.2, 0) is 4.79 Å². The lowest BCUT2D eigenvalue weighted by atomic mass is 10.2. The second-order valence-corrected chi connectivity index (χ2v) is 5.43. The second-order valence-electron chi connectivity index (χ2n) is 5.43. The molecule has 1 amide bonds. The highest BCUT2D eigenvalue weighted by molar-refractivity contribution is 5.82. The summed E-state index contributed by atoms with van der Waals surface area (Å²) in [6, 6.07) is 11.4. The Kier molecular flexibility index (Phi) is 2.98. The second kappa shape index (κ2) is 4.63. The van der Waals surface area contributed by atoms with Gasteiger partial charge in [-0.05, 0) is 37.8 Å². The molecule has 96 valence electrons. The lowest BCUT2D eigenvalue weighted by molar-refractivity contribution is -0.128. The van der Waals surface area contributed by atoms with Crippen LogP contribution in [0, 0.1) is 0 Å². The van der Waals surface area contributed by atoms with Gasteiger partial charge in [-0.2, -0.15) is 0 Å². The Bertz CT molecular complexity index is 423. The van der Waals surface area contributed by atoms with Crippen LogP contribution in [0.15, 0.2) is 30.3 Å². The van der Waals surface area contributed by atoms with Crippen LogP contribution in [0.4, 0.5) is 5.69 Å². The maximum Gasteiger partial charge on any atom is 0.242 e. The molecule has 0 bridgehead atoms. The van der Waals surface area contributed by atoms with Crippen molar-refractivity contribution in [3.63, 3.8) is 0 Å². The van der Waals surface area contributed by atoms with E-state index in [4.69, 9.17) is 0 Å². The van der Waals surface area contributed by atoms with E-state index in [1.807, 2.05) is 30.1 Å². The summed E-state index contributed by atoms with van der Waals surface area (Å²) in [4.78, 5) is 16.4. The molecule has 0 radical (unpaired) electrons. The standard InChI is InChI=1S/C15H20N2O/c1-16(12-7-8-12)15(18)11-17(14-9-10-14)13-5-3-2-4-6-13/h2-6,12,14H,7-11H2,1H3. The van der Waals surface area contributed by atoms with Crippen molar-refractivity contribution in [2.45, 2.75) is 37.8 Å². The average molecular weight is 244 g/mol. The number of amides is 1. The number of hydrogen-bond acceptors (Lipinski definition) is 2. The fourth-order valence-electron chi connectivity index (χ4n) is 2.36. The van der Waals surface area contributed by atoms with Gasteiger partial charge in [-0.15, -0.1) is 0 Å². The number of carbonyl (C=O) groups is 1. The Morgan fingerprint density at radius 2 is 1.72 bits per heavy atom. The first-order valence-corrected chi connectivity index (χ1v) is 6.83. The quantitative estimate of drug-likeness (QED) is 0.793. The molecule has 2 fully saturated rings. The first-order chi connectivity index (χ1) is 8.75. The zero-order valence-corrected chi connectivity index (χ0v) is 10.9. The van der Waals surface area contributed by atoms with Gasteiger partial charge in [0.15, 0.2) is 0 Å². The number of nitrogens with zero attached hydrogens (tertiary/aromatic N) is 2. The monoisotopic (exact) mass is 244 g/mol. The molecule has 1 aromatic rings. The van der Waals surface area contributed by atoms with Crippen LogP contribution in [-0.4, -0.2) is 36.5 Å². The smallest absolute Gasteiger partial charge is 0.242 e. The Balaban J connectivity index is 1.69. The predicted molar refractivity (Wildman–Crippen MR) is 72.6 cm³/mol. The van der Waals surface area contributed by atoms with Crippen LogP contribution < -0.4 is 4.90 Å². The van der Waals surface area contributed by atoms with Crippen molar-refractivity contribution in [2.75, 3.05) is 18.5 Å². The van der Waals surface area contributed by atoms with E-state index in [2.05, 4.69) is 17.0 Å². The van der Waals surface area contributed by atoms with Crippen LogP contribution in [0.5, 0.6) is 0 Å². The molecular weight excluding hydrogens is 224 g/mol. The number of likely N-dealkylation sites (N-methyl/N-ethyl adjacent to an activating group) is 1. The van der Waals surface area contributed by atoms with Crippen LogP contribution in [0.2, 0.25) is 0 Å². The third-order valence-corrected chi connectivity index (χ3v) is 3.87. The molecule has 3 heteroatoms. The third kappa shape index (κ3) is 2.50. The zero-order chi connectivity index (χ0) is 12.5. The SMILES string of the molecule is CN(C(=O)CN(c1ccccc1)C1CC1)C1CC1. The van der Waals surface area contributed by atoms with Crippen molar-refractivity contribution in [1.29, 1.82) is 0 Å². The summed E-state index contributed by atoms with van der Waals surface area (Å²) in [5.74, 6) is 0.258. The molecule has 0 N–H and O–H groups in total. The number of anilines is 1. The first kappa shape index (κ1) is 11.6. The Morgan fingerprint density at radius 1 is 1.11 bits per heavy atom. The van der Waals surface area contributed by atoms with E-state index in [0.717, 1.165) is 0 Å². The van der Waals surface area contributed by atoms with E-state index in [0.29, 0.717) is 18.6 Å². The molecule has 0 aromatic heterocycles. The van der Waals surface area contributed by atoms with Crippen LogP contribution in [0.3, 0.4) is 0 Å². The molecule has 3 nitrogen and oxygen atoms in total. The van der Waals surface area contributed by atoms with Gasteiger partial charge in [-0.25, -0.2) is 0 Å². The summed E-state index contributed by atoms with van der Waals surface area (Å²) in [6.07, 6.45) is 4.79. The van der Waals surface area contributed by atoms with Crippen LogP contribution >= 0.6 is 0 Å². The highest BCUT2D eigenvalue weighted by Gasteiger charge is 2.34. The summed E-state index contributed by atoms with van der Waals surface area (Å²) < 4.78 is 0. The van der Waals surface area contributed by atoms with E-state index >= 15 is 0 Å². The van der Waals surface area contributed by atoms with Gasteiger partial charge in [0.05, 0.1) is 6.54 Å². The van der Waals surface area contributed by atoms with Crippen LogP contribution in [0.25, 0.3) is 0 Å². The summed E-state index contributed by atoms with van der Waals surface area (Å²) in [6.45, 7) is 0.529. The van der Waals surface area contributed by atoms with Crippen molar-refractivity contribution in [3.05, 3.63) is 30.3 Å². The van der Waals surface area contributed by atoms with E-state index < -0.39 is 0 Å². The van der Waals surface area contributed by atoms with Crippen LogP contribution in [0.1, 0.15) is 25.7 Å². The summed E-state index contributed by atoms with van der Waals surface area (Å²) in [7, 11) is 1.94. The highest BCUT2D eigenvalue weighted by Crippen LogP contribution is 2.32. The predicted octanol–water partition coefficient (Wildman–Crippen LogP) is 2.28. The number of para-hydroxylation sites is 1. The highest BCUT2D eigenvalue weighted by atomic mass is 16.2. The van der Waals surface area contributed by atoms with Gasteiger partial charge >= 0.3 is 0 Å². The summed E-state index contributed by atoms with van der Waals surface area (Å²) in [5.41, 5.74) is 1.18. The summed E-state index contributed by atoms with van der Waals surface area (Å²) >= 11 is 0. The summed E-state index contributed by atoms with van der Waals surface area (Å²) in [5, 5.41) is 0. The number of hydrogen-bond donors (Lipinski definition) is 0. The molecule has 3 rings (SSSR count). The zero-order valence-electron chi connectivity index (χ0n) is 10.9. The van der Waals surface area contributed by atoms with Gasteiger partial charge < -0.3 is 9.80 Å². The number of carbonyl (C=O) groups excluding carboxylic acids is 1. The van der Waals surface area contributed by atoms with Crippen molar-refractivity contribution >= 4 is 11.6 Å². The van der Waals surface area contributed by atoms with Crippen molar-refractivity contribution in [2.24, 2.45) is 0 Å². The van der Waals surface area contributed by atoms with E-state index in [-0.39, 0.29) is 5.91 Å². The molecule has 0 saturated heterocycles. The van der Waals surface area contributed by atoms with E-state index in [1.54, 1.807) is 0 Å². The molecule has 0 heterocycles. The van der Waals surface area contributed by atoms with Crippen molar-refractivity contribution in [3.8, 4) is 0 Å². The minimum Gasteiger partial charge on any atom is -0.359 e. The molecule has 1 aromatic carbocycles. The average Bonchev–Trinajstić information content (AvgIpc) is 3.28. The first-order valence-electron chi connectivity index (χ1n) is 6.83.